The second-order valence-corrected chi connectivity index (χ2v) is 7.77. The largest absolute Gasteiger partial charge is 0.454 e. The van der Waals surface area contributed by atoms with Gasteiger partial charge in [-0.25, -0.2) is 14.8 Å². The second kappa shape index (κ2) is 8.51. The molecule has 0 bridgehead atoms. The average Bonchev–Trinajstić information content (AvgIpc) is 3.25. The molecule has 2 N–H and O–H groups in total. The molecule has 1 aromatic heterocycles. The Bertz CT molecular complexity index is 1150. The predicted molar refractivity (Wildman–Crippen MR) is 121 cm³/mol. The molecule has 2 amide bonds. The monoisotopic (exact) mass is 435 g/mol. The normalized spacial score (nSPS) is 17.4. The smallest absolute Gasteiger partial charge is 0.319 e. The number of hydrogen-bond donors (Lipinski definition) is 2. The van der Waals surface area contributed by atoms with Gasteiger partial charge < -0.3 is 29.7 Å². The number of carbonyl (C=O) groups is 1. The van der Waals surface area contributed by atoms with E-state index in [1.54, 1.807) is 0 Å². The predicted octanol–water partition coefficient (Wildman–Crippen LogP) is 3.39. The van der Waals surface area contributed by atoms with Gasteiger partial charge in [-0.05, 0) is 44.2 Å². The second-order valence-electron chi connectivity index (χ2n) is 7.77. The van der Waals surface area contributed by atoms with Crippen molar-refractivity contribution in [1.29, 1.82) is 0 Å². The number of rotatable bonds is 4. The van der Waals surface area contributed by atoms with Crippen LogP contribution in [0, 0.1) is 0 Å². The van der Waals surface area contributed by atoms with Crippen molar-refractivity contribution in [3.05, 3.63) is 36.4 Å². The van der Waals surface area contributed by atoms with Crippen LogP contribution >= 0.6 is 0 Å². The van der Waals surface area contributed by atoms with Gasteiger partial charge in [0.15, 0.2) is 17.3 Å². The van der Waals surface area contributed by atoms with Crippen LogP contribution in [0.2, 0.25) is 0 Å². The highest BCUT2D eigenvalue weighted by Gasteiger charge is 2.25. The third-order valence-electron chi connectivity index (χ3n) is 5.55. The van der Waals surface area contributed by atoms with Gasteiger partial charge in [0.05, 0.1) is 24.8 Å². The molecule has 2 aromatic carbocycles. The molecule has 2 aliphatic rings. The Morgan fingerprint density at radius 3 is 2.69 bits per heavy atom. The van der Waals surface area contributed by atoms with Crippen LogP contribution in [0.4, 0.5) is 16.3 Å². The molecule has 0 saturated carbocycles. The highest BCUT2D eigenvalue weighted by Crippen LogP contribution is 2.39. The molecule has 9 heteroatoms. The van der Waals surface area contributed by atoms with Crippen LogP contribution in [0.5, 0.6) is 11.5 Å². The number of hydrogen-bond acceptors (Lipinski definition) is 7. The first-order valence-corrected chi connectivity index (χ1v) is 10.7. The lowest BCUT2D eigenvalue weighted by Crippen LogP contribution is -2.44. The zero-order valence-electron chi connectivity index (χ0n) is 18.1. The summed E-state index contributed by atoms with van der Waals surface area (Å²) in [5, 5.41) is 6.44. The lowest BCUT2D eigenvalue weighted by molar-refractivity contribution is 0.0987. The number of anilines is 2. The summed E-state index contributed by atoms with van der Waals surface area (Å²) < 4.78 is 16.8. The standard InChI is InChI=1S/C23H25N5O4/c1-3-24-23(29)25-16-6-4-15(5-7-16)21-26-18-11-20-19(31-13-32-20)10-17(18)22(27-21)28-8-9-30-12-14(28)2/h4-7,10-11,14H,3,8-9,12-13H2,1-2H3,(H2,24,25,29)/t14-/m0/s1. The summed E-state index contributed by atoms with van der Waals surface area (Å²) >= 11 is 0. The number of nitrogens with one attached hydrogen (secondary N) is 2. The Kier molecular flexibility index (Phi) is 5.40. The number of urea groups is 1. The zero-order chi connectivity index (χ0) is 22.1. The zero-order valence-corrected chi connectivity index (χ0v) is 18.1. The van der Waals surface area contributed by atoms with E-state index in [4.69, 9.17) is 24.2 Å². The summed E-state index contributed by atoms with van der Waals surface area (Å²) in [6.45, 7) is 6.81. The lowest BCUT2D eigenvalue weighted by Gasteiger charge is -2.35. The Balaban J connectivity index is 1.56. The van der Waals surface area contributed by atoms with E-state index >= 15 is 0 Å². The molecular formula is C23H25N5O4. The number of benzene rings is 2. The topological polar surface area (TPSA) is 97.8 Å². The number of aromatic nitrogens is 2. The molecule has 0 unspecified atom stereocenters. The molecule has 1 fully saturated rings. The van der Waals surface area contributed by atoms with E-state index in [0.717, 1.165) is 28.8 Å². The maximum Gasteiger partial charge on any atom is 0.319 e. The molecule has 1 saturated heterocycles. The fraction of sp³-hybridized carbons (Fsp3) is 0.348. The van der Waals surface area contributed by atoms with Crippen molar-refractivity contribution in [2.24, 2.45) is 0 Å². The first-order valence-electron chi connectivity index (χ1n) is 10.7. The molecule has 32 heavy (non-hydrogen) atoms. The maximum absolute atomic E-state index is 11.8. The van der Waals surface area contributed by atoms with E-state index < -0.39 is 0 Å². The highest BCUT2D eigenvalue weighted by molar-refractivity contribution is 5.94. The first-order chi connectivity index (χ1) is 15.6. The minimum atomic E-state index is -0.234. The van der Waals surface area contributed by atoms with Crippen molar-refractivity contribution >= 4 is 28.4 Å². The molecule has 3 aromatic rings. The van der Waals surface area contributed by atoms with E-state index in [2.05, 4.69) is 22.5 Å². The van der Waals surface area contributed by atoms with Crippen molar-refractivity contribution < 1.29 is 19.0 Å². The summed E-state index contributed by atoms with van der Waals surface area (Å²) in [6.07, 6.45) is 0. The van der Waals surface area contributed by atoms with Crippen LogP contribution in [-0.4, -0.2) is 55.1 Å². The van der Waals surface area contributed by atoms with Gasteiger partial charge in [0.1, 0.15) is 5.82 Å². The molecule has 9 nitrogen and oxygen atoms in total. The van der Waals surface area contributed by atoms with Crippen LogP contribution < -0.4 is 25.0 Å². The molecule has 0 aliphatic carbocycles. The highest BCUT2D eigenvalue weighted by atomic mass is 16.7. The van der Waals surface area contributed by atoms with Crippen molar-refractivity contribution in [3.63, 3.8) is 0 Å². The van der Waals surface area contributed by atoms with Gasteiger partial charge in [0, 0.05) is 35.8 Å². The van der Waals surface area contributed by atoms with Crippen molar-refractivity contribution in [2.75, 3.05) is 43.3 Å². The number of ether oxygens (including phenoxy) is 3. The van der Waals surface area contributed by atoms with Crippen molar-refractivity contribution in [2.45, 2.75) is 19.9 Å². The van der Waals surface area contributed by atoms with E-state index in [-0.39, 0.29) is 18.9 Å². The number of nitrogens with zero attached hydrogens (tertiary/aromatic N) is 3. The lowest BCUT2D eigenvalue weighted by atomic mass is 10.1. The van der Waals surface area contributed by atoms with Gasteiger partial charge in [-0.2, -0.15) is 0 Å². The van der Waals surface area contributed by atoms with Gasteiger partial charge in [-0.1, -0.05) is 0 Å². The number of amides is 2. The van der Waals surface area contributed by atoms with Gasteiger partial charge in [0.25, 0.3) is 0 Å². The number of morpholine rings is 1. The van der Waals surface area contributed by atoms with Gasteiger partial charge >= 0.3 is 6.03 Å². The summed E-state index contributed by atoms with van der Waals surface area (Å²) in [7, 11) is 0. The van der Waals surface area contributed by atoms with Crippen LogP contribution in [0.25, 0.3) is 22.3 Å². The van der Waals surface area contributed by atoms with E-state index in [1.807, 2.05) is 43.3 Å². The van der Waals surface area contributed by atoms with Crippen LogP contribution in [0.1, 0.15) is 13.8 Å². The quantitative estimate of drug-likeness (QED) is 0.648. The molecule has 166 valence electrons. The Morgan fingerprint density at radius 2 is 1.94 bits per heavy atom. The minimum absolute atomic E-state index is 0.184. The summed E-state index contributed by atoms with van der Waals surface area (Å²) in [6, 6.07) is 11.3. The fourth-order valence-corrected chi connectivity index (χ4v) is 3.93. The summed E-state index contributed by atoms with van der Waals surface area (Å²) in [4.78, 5) is 23.8. The Hall–Kier alpha value is -3.59. The molecule has 3 heterocycles. The number of fused-ring (bicyclic) bond motifs is 2. The van der Waals surface area contributed by atoms with Gasteiger partial charge in [-0.3, -0.25) is 0 Å². The molecular weight excluding hydrogens is 410 g/mol. The summed E-state index contributed by atoms with van der Waals surface area (Å²) in [5.41, 5.74) is 2.34. The average molecular weight is 435 g/mol. The SMILES string of the molecule is CCNC(=O)Nc1ccc(-c2nc(N3CCOC[C@@H]3C)c3cc4c(cc3n2)OCO4)cc1. The van der Waals surface area contributed by atoms with Crippen LogP contribution in [-0.2, 0) is 4.74 Å². The Morgan fingerprint density at radius 1 is 1.16 bits per heavy atom. The third-order valence-corrected chi connectivity index (χ3v) is 5.55. The molecule has 0 radical (unpaired) electrons. The van der Waals surface area contributed by atoms with Crippen molar-refractivity contribution in [3.8, 4) is 22.9 Å². The van der Waals surface area contributed by atoms with E-state index in [0.29, 0.717) is 42.8 Å². The van der Waals surface area contributed by atoms with E-state index in [1.165, 1.54) is 0 Å². The number of carbonyl (C=O) groups excluding carboxylic acids is 1. The maximum atomic E-state index is 11.8. The van der Waals surface area contributed by atoms with Crippen molar-refractivity contribution in [1.82, 2.24) is 15.3 Å². The minimum Gasteiger partial charge on any atom is -0.454 e. The fourth-order valence-electron chi connectivity index (χ4n) is 3.93. The van der Waals surface area contributed by atoms with Crippen LogP contribution in [0.3, 0.4) is 0 Å². The molecule has 5 rings (SSSR count). The Labute approximate surface area is 185 Å². The van der Waals surface area contributed by atoms with Gasteiger partial charge in [0.2, 0.25) is 6.79 Å². The van der Waals surface area contributed by atoms with Gasteiger partial charge in [-0.15, -0.1) is 0 Å². The summed E-state index contributed by atoms with van der Waals surface area (Å²) in [5.74, 6) is 2.85. The molecule has 1 atom stereocenters. The molecule has 0 spiro atoms. The van der Waals surface area contributed by atoms with Crippen LogP contribution in [0.15, 0.2) is 36.4 Å². The molecule has 2 aliphatic heterocycles. The third kappa shape index (κ3) is 3.87. The van der Waals surface area contributed by atoms with E-state index in [9.17, 15) is 4.79 Å². The first kappa shape index (κ1) is 20.3.